The Morgan fingerprint density at radius 2 is 1.50 bits per heavy atom. The molecule has 0 unspecified atom stereocenters. The normalized spacial score (nSPS) is 31.7. The lowest BCUT2D eigenvalue weighted by atomic mass is 10.0. The molecular formula is C8H12F5N. The molecule has 1 aliphatic rings. The van der Waals surface area contributed by atoms with Gasteiger partial charge in [-0.3, -0.25) is 0 Å². The van der Waals surface area contributed by atoms with Crippen molar-refractivity contribution in [3.05, 3.63) is 0 Å². The van der Waals surface area contributed by atoms with Gasteiger partial charge in [0, 0.05) is 12.5 Å². The smallest absolute Gasteiger partial charge is 0.327 e. The van der Waals surface area contributed by atoms with E-state index in [0.717, 1.165) is 0 Å². The van der Waals surface area contributed by atoms with Gasteiger partial charge in [0.05, 0.1) is 0 Å². The van der Waals surface area contributed by atoms with Crippen LogP contribution in [-0.4, -0.2) is 18.1 Å². The summed E-state index contributed by atoms with van der Waals surface area (Å²) in [5, 5.41) is 0. The Morgan fingerprint density at radius 3 is 1.71 bits per heavy atom. The Morgan fingerprint density at radius 1 is 1.14 bits per heavy atom. The van der Waals surface area contributed by atoms with Gasteiger partial charge in [-0.1, -0.05) is 13.8 Å². The molecule has 0 bridgehead atoms. The fourth-order valence-electron chi connectivity index (χ4n) is 1.57. The van der Waals surface area contributed by atoms with Crippen LogP contribution in [0.3, 0.4) is 0 Å². The first-order valence-electron chi connectivity index (χ1n) is 4.20. The highest BCUT2D eigenvalue weighted by Crippen LogP contribution is 2.56. The molecule has 0 aromatic carbocycles. The third-order valence-electron chi connectivity index (χ3n) is 3.03. The molecule has 0 aliphatic heterocycles. The minimum absolute atomic E-state index is 0.560. The Balaban J connectivity index is 2.63. The third kappa shape index (κ3) is 1.71. The highest BCUT2D eigenvalue weighted by molar-refractivity contribution is 5.10. The van der Waals surface area contributed by atoms with Gasteiger partial charge in [0.1, 0.15) is 0 Å². The van der Waals surface area contributed by atoms with Crippen molar-refractivity contribution < 1.29 is 22.0 Å². The first kappa shape index (κ1) is 11.7. The number of rotatable bonds is 2. The van der Waals surface area contributed by atoms with Crippen LogP contribution in [0.5, 0.6) is 0 Å². The number of hydrogen-bond acceptors (Lipinski definition) is 1. The molecule has 0 aromatic rings. The maximum atomic E-state index is 12.6. The molecule has 0 spiro atoms. The van der Waals surface area contributed by atoms with Gasteiger partial charge in [0.25, 0.3) is 0 Å². The second-order valence-corrected chi connectivity index (χ2v) is 4.36. The van der Waals surface area contributed by atoms with Crippen LogP contribution in [0.25, 0.3) is 0 Å². The van der Waals surface area contributed by atoms with Gasteiger partial charge in [-0.05, 0) is 11.3 Å². The standard InChI is InChI=1S/C8H12F5N/c1-6(2)4(5(6)14)3-7(9,10)8(11,12)13/h4-5H,3,14H2,1-2H3/t4-,5-/m0/s1. The van der Waals surface area contributed by atoms with Gasteiger partial charge in [-0.15, -0.1) is 0 Å². The molecule has 0 radical (unpaired) electrons. The average Bonchev–Trinajstić information content (AvgIpc) is 2.35. The molecule has 84 valence electrons. The zero-order chi connectivity index (χ0) is 11.4. The van der Waals surface area contributed by atoms with E-state index in [1.54, 1.807) is 13.8 Å². The van der Waals surface area contributed by atoms with E-state index in [4.69, 9.17) is 5.73 Å². The van der Waals surface area contributed by atoms with E-state index in [2.05, 4.69) is 0 Å². The molecule has 0 amide bonds. The molecule has 2 N–H and O–H groups in total. The largest absolute Gasteiger partial charge is 0.453 e. The summed E-state index contributed by atoms with van der Waals surface area (Å²) in [6, 6.07) is -0.560. The molecule has 6 heteroatoms. The summed E-state index contributed by atoms with van der Waals surface area (Å²) in [4.78, 5) is 0. The molecule has 1 aliphatic carbocycles. The monoisotopic (exact) mass is 217 g/mol. The molecule has 1 nitrogen and oxygen atoms in total. The SMILES string of the molecule is CC1(C)[C@@H](N)[C@@H]1CC(F)(F)C(F)(F)F. The lowest BCUT2D eigenvalue weighted by molar-refractivity contribution is -0.286. The molecule has 0 aromatic heterocycles. The van der Waals surface area contributed by atoms with Crippen LogP contribution in [-0.2, 0) is 0 Å². The zero-order valence-corrected chi connectivity index (χ0v) is 7.83. The van der Waals surface area contributed by atoms with Gasteiger partial charge in [0.2, 0.25) is 0 Å². The van der Waals surface area contributed by atoms with Crippen LogP contribution in [0.2, 0.25) is 0 Å². The van der Waals surface area contributed by atoms with Crippen LogP contribution in [0.15, 0.2) is 0 Å². The van der Waals surface area contributed by atoms with E-state index in [1.165, 1.54) is 0 Å². The Hall–Kier alpha value is -0.390. The van der Waals surface area contributed by atoms with E-state index in [-0.39, 0.29) is 0 Å². The van der Waals surface area contributed by atoms with Crippen molar-refractivity contribution in [2.24, 2.45) is 17.1 Å². The lowest BCUT2D eigenvalue weighted by Crippen LogP contribution is -2.37. The van der Waals surface area contributed by atoms with Crippen molar-refractivity contribution in [1.82, 2.24) is 0 Å². The zero-order valence-electron chi connectivity index (χ0n) is 7.83. The maximum absolute atomic E-state index is 12.6. The predicted octanol–water partition coefficient (Wildman–Crippen LogP) is 2.56. The minimum atomic E-state index is -5.47. The Kier molecular flexibility index (Phi) is 2.34. The first-order chi connectivity index (χ1) is 6.00. The molecule has 1 saturated carbocycles. The second-order valence-electron chi connectivity index (χ2n) is 4.36. The van der Waals surface area contributed by atoms with E-state index in [0.29, 0.717) is 0 Å². The van der Waals surface area contributed by atoms with Crippen LogP contribution in [0, 0.1) is 11.3 Å². The lowest BCUT2D eigenvalue weighted by Gasteiger charge is -2.19. The van der Waals surface area contributed by atoms with Crippen LogP contribution in [0.1, 0.15) is 20.3 Å². The Labute approximate surface area is 78.5 Å². The number of nitrogens with two attached hydrogens (primary N) is 1. The molecule has 1 fully saturated rings. The van der Waals surface area contributed by atoms with E-state index in [9.17, 15) is 22.0 Å². The van der Waals surface area contributed by atoms with Crippen molar-refractivity contribution in [2.45, 2.75) is 38.4 Å². The van der Waals surface area contributed by atoms with Crippen LogP contribution in [0.4, 0.5) is 22.0 Å². The number of hydrogen-bond donors (Lipinski definition) is 1. The number of alkyl halides is 5. The van der Waals surface area contributed by atoms with Gasteiger partial charge < -0.3 is 5.73 Å². The molecule has 2 atom stereocenters. The van der Waals surface area contributed by atoms with E-state index in [1.807, 2.05) is 0 Å². The number of halogens is 5. The van der Waals surface area contributed by atoms with E-state index >= 15 is 0 Å². The highest BCUT2D eigenvalue weighted by atomic mass is 19.4. The third-order valence-corrected chi connectivity index (χ3v) is 3.03. The van der Waals surface area contributed by atoms with Crippen LogP contribution < -0.4 is 5.73 Å². The summed E-state index contributed by atoms with van der Waals surface area (Å²) in [5.41, 5.74) is 4.79. The van der Waals surface area contributed by atoms with Crippen molar-refractivity contribution in [3.8, 4) is 0 Å². The first-order valence-corrected chi connectivity index (χ1v) is 4.20. The predicted molar refractivity (Wildman–Crippen MR) is 40.9 cm³/mol. The van der Waals surface area contributed by atoms with Crippen molar-refractivity contribution >= 4 is 0 Å². The Bertz CT molecular complexity index is 232. The molecular weight excluding hydrogens is 205 g/mol. The van der Waals surface area contributed by atoms with Gasteiger partial charge in [-0.2, -0.15) is 22.0 Å². The maximum Gasteiger partial charge on any atom is 0.453 e. The van der Waals surface area contributed by atoms with E-state index < -0.39 is 35.9 Å². The quantitative estimate of drug-likeness (QED) is 0.707. The summed E-state index contributed by atoms with van der Waals surface area (Å²) >= 11 is 0. The summed E-state index contributed by atoms with van der Waals surface area (Å²) in [6.07, 6.45) is -6.67. The van der Waals surface area contributed by atoms with Crippen molar-refractivity contribution in [2.75, 3.05) is 0 Å². The summed E-state index contributed by atoms with van der Waals surface area (Å²) in [6.45, 7) is 3.18. The van der Waals surface area contributed by atoms with Gasteiger partial charge >= 0.3 is 12.1 Å². The molecule has 14 heavy (non-hydrogen) atoms. The topological polar surface area (TPSA) is 26.0 Å². The van der Waals surface area contributed by atoms with Crippen LogP contribution >= 0.6 is 0 Å². The highest BCUT2D eigenvalue weighted by Gasteiger charge is 2.65. The molecule has 0 heterocycles. The fourth-order valence-corrected chi connectivity index (χ4v) is 1.57. The molecule has 1 rings (SSSR count). The van der Waals surface area contributed by atoms with Crippen molar-refractivity contribution in [1.29, 1.82) is 0 Å². The van der Waals surface area contributed by atoms with Gasteiger partial charge in [-0.25, -0.2) is 0 Å². The minimum Gasteiger partial charge on any atom is -0.327 e. The average molecular weight is 217 g/mol. The molecule has 0 saturated heterocycles. The summed E-state index contributed by atoms with van der Waals surface area (Å²) in [7, 11) is 0. The fraction of sp³-hybridized carbons (Fsp3) is 1.00. The van der Waals surface area contributed by atoms with Gasteiger partial charge in [0.15, 0.2) is 0 Å². The summed E-state index contributed by atoms with van der Waals surface area (Å²) < 4.78 is 60.5. The summed E-state index contributed by atoms with van der Waals surface area (Å²) in [5.74, 6) is -5.37. The van der Waals surface area contributed by atoms with Crippen molar-refractivity contribution in [3.63, 3.8) is 0 Å². The second kappa shape index (κ2) is 2.81.